The quantitative estimate of drug-likeness (QED) is 0.534. The van der Waals surface area contributed by atoms with Crippen LogP contribution in [0.3, 0.4) is 0 Å². The topological polar surface area (TPSA) is 9.23 Å². The zero-order valence-corrected chi connectivity index (χ0v) is 8.94. The Kier molecular flexibility index (Phi) is 1.12. The Bertz CT molecular complexity index is 341. The van der Waals surface area contributed by atoms with E-state index in [4.69, 9.17) is 4.74 Å². The van der Waals surface area contributed by atoms with E-state index in [-0.39, 0.29) is 0 Å². The maximum atomic E-state index is 5.71. The molecule has 0 aromatic rings. The average molecular weight is 190 g/mol. The van der Waals surface area contributed by atoms with E-state index in [1.54, 1.807) is 0 Å². The van der Waals surface area contributed by atoms with Crippen LogP contribution >= 0.6 is 0 Å². The molecule has 4 rings (SSSR count). The van der Waals surface area contributed by atoms with Crippen LogP contribution in [0.1, 0.15) is 39.0 Å². The maximum Gasteiger partial charge on any atom is 0.0531 e. The third kappa shape index (κ3) is 0.614. The average Bonchev–Trinajstić information content (AvgIpc) is 2.54. The predicted octanol–water partition coefficient (Wildman–Crippen LogP) is 2.91. The van der Waals surface area contributed by atoms with Gasteiger partial charge in [0.05, 0.1) is 6.61 Å². The second-order valence-corrected chi connectivity index (χ2v) is 6.24. The highest BCUT2D eigenvalue weighted by molar-refractivity contribution is 5.45. The molecule has 0 unspecified atom stereocenters. The molecule has 0 aromatic heterocycles. The summed E-state index contributed by atoms with van der Waals surface area (Å²) in [6, 6.07) is 0. The molecule has 0 spiro atoms. The normalized spacial score (nSPS) is 58.8. The van der Waals surface area contributed by atoms with Gasteiger partial charge in [0.15, 0.2) is 0 Å². The molecule has 1 nitrogen and oxygen atoms in total. The van der Waals surface area contributed by atoms with Gasteiger partial charge in [-0.2, -0.15) is 0 Å². The first kappa shape index (κ1) is 7.92. The molecule has 3 aliphatic carbocycles. The molecule has 0 radical (unpaired) electrons. The number of ether oxygens (including phenoxy) is 1. The van der Waals surface area contributed by atoms with E-state index in [1.165, 1.54) is 32.1 Å². The summed E-state index contributed by atoms with van der Waals surface area (Å²) in [5, 5.41) is 0. The fourth-order valence-corrected chi connectivity index (χ4v) is 5.01. The largest absolute Gasteiger partial charge is 0.381 e. The molecule has 0 amide bonds. The Hall–Kier alpha value is -0.300. The number of allylic oxidation sites excluding steroid dienone is 2. The molecule has 1 saturated heterocycles. The van der Waals surface area contributed by atoms with Crippen molar-refractivity contribution in [2.75, 3.05) is 13.2 Å². The summed E-state index contributed by atoms with van der Waals surface area (Å²) in [6.07, 6.45) is 9.50. The number of fused-ring (bicyclic) bond motifs is 1. The minimum absolute atomic E-state index is 0.575. The molecule has 4 aliphatic rings. The smallest absolute Gasteiger partial charge is 0.0531 e. The molecule has 2 saturated carbocycles. The van der Waals surface area contributed by atoms with E-state index >= 15 is 0 Å². The van der Waals surface area contributed by atoms with Crippen LogP contribution in [0.2, 0.25) is 0 Å². The van der Waals surface area contributed by atoms with Gasteiger partial charge in [0.2, 0.25) is 0 Å². The molecule has 1 heterocycles. The van der Waals surface area contributed by atoms with Gasteiger partial charge < -0.3 is 4.74 Å². The molecular formula is C13H18O. The monoisotopic (exact) mass is 190 g/mol. The van der Waals surface area contributed by atoms with Crippen molar-refractivity contribution in [1.82, 2.24) is 0 Å². The SMILES string of the molecule is C[C@@]12CCC=C1[C@]13CCOC[C@@]1(C2)C3. The van der Waals surface area contributed by atoms with Crippen LogP contribution in [0.4, 0.5) is 0 Å². The molecule has 3 atom stereocenters. The van der Waals surface area contributed by atoms with Crippen molar-refractivity contribution in [3.8, 4) is 0 Å². The van der Waals surface area contributed by atoms with E-state index in [0.29, 0.717) is 16.2 Å². The minimum atomic E-state index is 0.575. The summed E-state index contributed by atoms with van der Waals surface area (Å²) in [5.74, 6) is 0. The van der Waals surface area contributed by atoms with Crippen LogP contribution in [0.5, 0.6) is 0 Å². The van der Waals surface area contributed by atoms with Crippen LogP contribution in [0.15, 0.2) is 11.6 Å². The Morgan fingerprint density at radius 1 is 1.29 bits per heavy atom. The Balaban J connectivity index is 1.86. The fourth-order valence-electron chi connectivity index (χ4n) is 5.01. The van der Waals surface area contributed by atoms with E-state index in [9.17, 15) is 0 Å². The number of hydrogen-bond donors (Lipinski definition) is 0. The van der Waals surface area contributed by atoms with Crippen molar-refractivity contribution in [2.24, 2.45) is 16.2 Å². The van der Waals surface area contributed by atoms with E-state index in [2.05, 4.69) is 13.0 Å². The number of hydrogen-bond acceptors (Lipinski definition) is 1. The van der Waals surface area contributed by atoms with Crippen molar-refractivity contribution >= 4 is 0 Å². The van der Waals surface area contributed by atoms with E-state index < -0.39 is 0 Å². The lowest BCUT2D eigenvalue weighted by Gasteiger charge is -2.26. The minimum Gasteiger partial charge on any atom is -0.381 e. The van der Waals surface area contributed by atoms with Crippen molar-refractivity contribution < 1.29 is 4.74 Å². The van der Waals surface area contributed by atoms with Crippen LogP contribution in [-0.2, 0) is 4.74 Å². The van der Waals surface area contributed by atoms with Gasteiger partial charge in [0.1, 0.15) is 0 Å². The van der Waals surface area contributed by atoms with Crippen molar-refractivity contribution in [3.05, 3.63) is 11.6 Å². The first-order valence-electron chi connectivity index (χ1n) is 6.00. The highest BCUT2D eigenvalue weighted by atomic mass is 16.5. The molecule has 3 fully saturated rings. The molecule has 1 heteroatoms. The second kappa shape index (κ2) is 1.97. The van der Waals surface area contributed by atoms with Crippen LogP contribution in [0, 0.1) is 16.2 Å². The highest BCUT2D eigenvalue weighted by Crippen LogP contribution is 2.84. The lowest BCUT2D eigenvalue weighted by molar-refractivity contribution is 0.0319. The molecule has 0 N–H and O–H groups in total. The second-order valence-electron chi connectivity index (χ2n) is 6.24. The van der Waals surface area contributed by atoms with Gasteiger partial charge in [-0.3, -0.25) is 0 Å². The van der Waals surface area contributed by atoms with Crippen LogP contribution in [0.25, 0.3) is 0 Å². The zero-order valence-electron chi connectivity index (χ0n) is 8.94. The summed E-state index contributed by atoms with van der Waals surface area (Å²) in [7, 11) is 0. The summed E-state index contributed by atoms with van der Waals surface area (Å²) in [6.45, 7) is 4.56. The maximum absolute atomic E-state index is 5.71. The molecule has 1 aliphatic heterocycles. The molecule has 0 aromatic carbocycles. The zero-order chi connectivity index (χ0) is 9.44. The van der Waals surface area contributed by atoms with Gasteiger partial charge in [-0.05, 0) is 37.5 Å². The Morgan fingerprint density at radius 3 is 3.14 bits per heavy atom. The third-order valence-electron chi connectivity index (χ3n) is 5.52. The van der Waals surface area contributed by atoms with Crippen LogP contribution in [-0.4, -0.2) is 13.2 Å². The van der Waals surface area contributed by atoms with Crippen molar-refractivity contribution in [3.63, 3.8) is 0 Å². The fraction of sp³-hybridized carbons (Fsp3) is 0.846. The molecule has 76 valence electrons. The van der Waals surface area contributed by atoms with Crippen LogP contribution < -0.4 is 0 Å². The third-order valence-corrected chi connectivity index (χ3v) is 5.52. The first-order valence-corrected chi connectivity index (χ1v) is 6.00. The predicted molar refractivity (Wildman–Crippen MR) is 55.0 cm³/mol. The summed E-state index contributed by atoms with van der Waals surface area (Å²) < 4.78 is 5.71. The highest BCUT2D eigenvalue weighted by Gasteiger charge is 2.77. The Morgan fingerprint density at radius 2 is 2.21 bits per heavy atom. The molecule has 0 bridgehead atoms. The van der Waals surface area contributed by atoms with Gasteiger partial charge in [-0.15, -0.1) is 0 Å². The first-order chi connectivity index (χ1) is 6.71. The lowest BCUT2D eigenvalue weighted by Crippen LogP contribution is -2.23. The molecular weight excluding hydrogens is 172 g/mol. The summed E-state index contributed by atoms with van der Waals surface area (Å²) in [5.41, 5.74) is 3.66. The van der Waals surface area contributed by atoms with Gasteiger partial charge in [-0.25, -0.2) is 0 Å². The van der Waals surface area contributed by atoms with Gasteiger partial charge in [-0.1, -0.05) is 18.6 Å². The Labute approximate surface area is 85.5 Å². The lowest BCUT2D eigenvalue weighted by atomic mass is 9.78. The van der Waals surface area contributed by atoms with E-state index in [1.807, 2.05) is 5.57 Å². The summed E-state index contributed by atoms with van der Waals surface area (Å²) in [4.78, 5) is 0. The summed E-state index contributed by atoms with van der Waals surface area (Å²) >= 11 is 0. The number of rotatable bonds is 0. The van der Waals surface area contributed by atoms with Crippen molar-refractivity contribution in [2.45, 2.75) is 39.0 Å². The van der Waals surface area contributed by atoms with E-state index in [0.717, 1.165) is 13.2 Å². The standard InChI is InChI=1S/C13H18O/c1-11-4-2-3-10(11)13-5-6-14-9-12(13,7-11)8-13/h3H,2,4-9H2,1H3/t11-,12+,13+/m0/s1. The van der Waals surface area contributed by atoms with Gasteiger partial charge >= 0.3 is 0 Å². The van der Waals surface area contributed by atoms with Crippen molar-refractivity contribution in [1.29, 1.82) is 0 Å². The van der Waals surface area contributed by atoms with Gasteiger partial charge in [0.25, 0.3) is 0 Å². The van der Waals surface area contributed by atoms with Gasteiger partial charge in [0, 0.05) is 17.4 Å². The molecule has 14 heavy (non-hydrogen) atoms.